The van der Waals surface area contributed by atoms with E-state index in [-0.39, 0.29) is 12.1 Å². The van der Waals surface area contributed by atoms with Gasteiger partial charge in [0.1, 0.15) is 5.75 Å². The van der Waals surface area contributed by atoms with E-state index in [1.54, 1.807) is 7.11 Å². The molecule has 2 aromatic rings. The first kappa shape index (κ1) is 14.9. The molecular formula is C17H20N2O2. The first-order valence-corrected chi connectivity index (χ1v) is 6.87. The van der Waals surface area contributed by atoms with Gasteiger partial charge in [0.05, 0.1) is 18.8 Å². The van der Waals surface area contributed by atoms with Crippen LogP contribution in [0.5, 0.6) is 5.75 Å². The molecule has 0 spiro atoms. The molecule has 2 aromatic carbocycles. The fourth-order valence-corrected chi connectivity index (χ4v) is 2.10. The maximum absolute atomic E-state index is 12.1. The second kappa shape index (κ2) is 6.79. The molecule has 0 fully saturated rings. The van der Waals surface area contributed by atoms with Crippen LogP contribution in [0.15, 0.2) is 48.5 Å². The molecule has 21 heavy (non-hydrogen) atoms. The lowest BCUT2D eigenvalue weighted by Crippen LogP contribution is -2.31. The van der Waals surface area contributed by atoms with Crippen molar-refractivity contribution in [3.63, 3.8) is 0 Å². The van der Waals surface area contributed by atoms with Gasteiger partial charge in [-0.25, -0.2) is 4.79 Å². The van der Waals surface area contributed by atoms with E-state index >= 15 is 0 Å². The second-order valence-electron chi connectivity index (χ2n) is 4.93. The Morgan fingerprint density at radius 1 is 1.14 bits per heavy atom. The van der Waals surface area contributed by atoms with Crippen LogP contribution in [0.25, 0.3) is 0 Å². The molecule has 0 aliphatic heterocycles. The molecule has 2 N–H and O–H groups in total. The number of ether oxygens (including phenoxy) is 1. The van der Waals surface area contributed by atoms with Gasteiger partial charge in [-0.15, -0.1) is 0 Å². The summed E-state index contributed by atoms with van der Waals surface area (Å²) in [7, 11) is 1.58. The zero-order valence-electron chi connectivity index (χ0n) is 12.5. The van der Waals surface area contributed by atoms with Gasteiger partial charge in [-0.1, -0.05) is 36.4 Å². The van der Waals surface area contributed by atoms with Crippen molar-refractivity contribution in [1.29, 1.82) is 0 Å². The lowest BCUT2D eigenvalue weighted by atomic mass is 10.1. The van der Waals surface area contributed by atoms with E-state index in [0.717, 1.165) is 11.1 Å². The largest absolute Gasteiger partial charge is 0.495 e. The fourth-order valence-electron chi connectivity index (χ4n) is 2.10. The highest BCUT2D eigenvalue weighted by molar-refractivity contribution is 5.91. The second-order valence-corrected chi connectivity index (χ2v) is 4.93. The van der Waals surface area contributed by atoms with Crippen molar-refractivity contribution >= 4 is 11.7 Å². The topological polar surface area (TPSA) is 50.4 Å². The minimum absolute atomic E-state index is 0.0676. The highest BCUT2D eigenvalue weighted by atomic mass is 16.5. The van der Waals surface area contributed by atoms with Gasteiger partial charge in [-0.3, -0.25) is 0 Å². The average Bonchev–Trinajstić information content (AvgIpc) is 2.48. The number of anilines is 1. The Morgan fingerprint density at radius 2 is 1.86 bits per heavy atom. The van der Waals surface area contributed by atoms with Crippen LogP contribution in [0.1, 0.15) is 24.1 Å². The number of carbonyl (C=O) groups is 1. The maximum atomic E-state index is 12.1. The number of benzene rings is 2. The molecule has 110 valence electrons. The van der Waals surface area contributed by atoms with E-state index < -0.39 is 0 Å². The molecule has 0 heterocycles. The predicted octanol–water partition coefficient (Wildman–Crippen LogP) is 3.89. The molecule has 4 nitrogen and oxygen atoms in total. The lowest BCUT2D eigenvalue weighted by Gasteiger charge is -2.16. The number of methoxy groups -OCH3 is 1. The summed E-state index contributed by atoms with van der Waals surface area (Å²) >= 11 is 0. The summed E-state index contributed by atoms with van der Waals surface area (Å²) in [6, 6.07) is 15.2. The summed E-state index contributed by atoms with van der Waals surface area (Å²) in [5.74, 6) is 0.642. The number of hydrogen-bond acceptors (Lipinski definition) is 2. The van der Waals surface area contributed by atoms with Crippen LogP contribution in [-0.2, 0) is 0 Å². The monoisotopic (exact) mass is 284 g/mol. The molecule has 1 unspecified atom stereocenters. The van der Waals surface area contributed by atoms with Crippen LogP contribution in [0.3, 0.4) is 0 Å². The molecule has 1 atom stereocenters. The molecule has 0 saturated carbocycles. The highest BCUT2D eigenvalue weighted by Crippen LogP contribution is 2.25. The van der Waals surface area contributed by atoms with Crippen molar-refractivity contribution in [3.8, 4) is 5.75 Å². The van der Waals surface area contributed by atoms with E-state index in [9.17, 15) is 4.79 Å². The van der Waals surface area contributed by atoms with E-state index in [1.807, 2.05) is 62.4 Å². The van der Waals surface area contributed by atoms with Gasteiger partial charge in [-0.05, 0) is 37.1 Å². The summed E-state index contributed by atoms with van der Waals surface area (Å²) in [6.07, 6.45) is 0. The predicted molar refractivity (Wildman–Crippen MR) is 84.7 cm³/mol. The van der Waals surface area contributed by atoms with Gasteiger partial charge in [0.15, 0.2) is 0 Å². The van der Waals surface area contributed by atoms with E-state index in [1.165, 1.54) is 0 Å². The average molecular weight is 284 g/mol. The molecule has 0 aliphatic carbocycles. The summed E-state index contributed by atoms with van der Waals surface area (Å²) in [5, 5.41) is 5.74. The van der Waals surface area contributed by atoms with Crippen LogP contribution in [0.4, 0.5) is 10.5 Å². The Kier molecular flexibility index (Phi) is 4.82. The summed E-state index contributed by atoms with van der Waals surface area (Å²) in [5.41, 5.74) is 2.78. The maximum Gasteiger partial charge on any atom is 0.319 e. The molecule has 0 aromatic heterocycles. The first-order chi connectivity index (χ1) is 10.1. The van der Waals surface area contributed by atoms with Crippen molar-refractivity contribution in [2.75, 3.05) is 12.4 Å². The molecule has 4 heteroatoms. The van der Waals surface area contributed by atoms with Gasteiger partial charge >= 0.3 is 6.03 Å². The molecule has 2 amide bonds. The van der Waals surface area contributed by atoms with Gasteiger partial charge in [-0.2, -0.15) is 0 Å². The number of rotatable bonds is 4. The van der Waals surface area contributed by atoms with Crippen molar-refractivity contribution in [2.24, 2.45) is 0 Å². The van der Waals surface area contributed by atoms with Crippen molar-refractivity contribution in [2.45, 2.75) is 19.9 Å². The van der Waals surface area contributed by atoms with Gasteiger partial charge in [0.25, 0.3) is 0 Å². The molecule has 0 saturated heterocycles. The molecule has 0 radical (unpaired) electrons. The lowest BCUT2D eigenvalue weighted by molar-refractivity contribution is 0.249. The van der Waals surface area contributed by atoms with Crippen LogP contribution in [0.2, 0.25) is 0 Å². The zero-order chi connectivity index (χ0) is 15.2. The van der Waals surface area contributed by atoms with Gasteiger partial charge < -0.3 is 15.4 Å². The Labute approximate surface area is 125 Å². The number of amides is 2. The van der Waals surface area contributed by atoms with Crippen LogP contribution < -0.4 is 15.4 Å². The normalized spacial score (nSPS) is 11.6. The van der Waals surface area contributed by atoms with Gasteiger partial charge in [0.2, 0.25) is 0 Å². The van der Waals surface area contributed by atoms with E-state index in [4.69, 9.17) is 4.74 Å². The molecule has 2 rings (SSSR count). The minimum Gasteiger partial charge on any atom is -0.495 e. The Balaban J connectivity index is 2.04. The summed E-state index contributed by atoms with van der Waals surface area (Å²) < 4.78 is 5.25. The van der Waals surface area contributed by atoms with Crippen molar-refractivity contribution < 1.29 is 9.53 Å². The summed E-state index contributed by atoms with van der Waals surface area (Å²) in [4.78, 5) is 12.1. The number of aryl methyl sites for hydroxylation is 1. The molecule has 0 bridgehead atoms. The third-order valence-electron chi connectivity index (χ3n) is 3.25. The molecule has 0 aliphatic rings. The van der Waals surface area contributed by atoms with Crippen LogP contribution in [0, 0.1) is 6.92 Å². The third kappa shape index (κ3) is 3.99. The first-order valence-electron chi connectivity index (χ1n) is 6.87. The Bertz CT molecular complexity index is 611. The molecular weight excluding hydrogens is 264 g/mol. The third-order valence-corrected chi connectivity index (χ3v) is 3.25. The minimum atomic E-state index is -0.254. The van der Waals surface area contributed by atoms with Crippen LogP contribution in [-0.4, -0.2) is 13.1 Å². The van der Waals surface area contributed by atoms with Gasteiger partial charge in [0, 0.05) is 0 Å². The van der Waals surface area contributed by atoms with Crippen molar-refractivity contribution in [1.82, 2.24) is 5.32 Å². The Hall–Kier alpha value is -2.49. The van der Waals surface area contributed by atoms with E-state index in [2.05, 4.69) is 10.6 Å². The fraction of sp³-hybridized carbons (Fsp3) is 0.235. The number of nitrogens with one attached hydrogen (secondary N) is 2. The summed E-state index contributed by atoms with van der Waals surface area (Å²) in [6.45, 7) is 3.91. The van der Waals surface area contributed by atoms with E-state index in [0.29, 0.717) is 11.4 Å². The van der Waals surface area contributed by atoms with Crippen molar-refractivity contribution in [3.05, 3.63) is 59.7 Å². The standard InChI is InChI=1S/C17H20N2O2/c1-12-9-10-16(21-3)15(11-12)19-17(20)18-13(2)14-7-5-4-6-8-14/h4-11,13H,1-3H3,(H2,18,19,20). The highest BCUT2D eigenvalue weighted by Gasteiger charge is 2.11. The number of carbonyl (C=O) groups excluding carboxylic acids is 1. The Morgan fingerprint density at radius 3 is 2.52 bits per heavy atom. The quantitative estimate of drug-likeness (QED) is 0.895. The SMILES string of the molecule is COc1ccc(C)cc1NC(=O)NC(C)c1ccccc1. The smallest absolute Gasteiger partial charge is 0.319 e. The number of urea groups is 1. The number of hydrogen-bond donors (Lipinski definition) is 2. The van der Waals surface area contributed by atoms with Crippen LogP contribution >= 0.6 is 0 Å². The zero-order valence-corrected chi connectivity index (χ0v) is 12.5.